The third-order valence-corrected chi connectivity index (χ3v) is 5.09. The number of nitrogens with one attached hydrogen (secondary N) is 1. The minimum Gasteiger partial charge on any atom is -0.869 e. The first-order valence-corrected chi connectivity index (χ1v) is 9.95. The molecule has 156 valence electrons. The Morgan fingerprint density at radius 3 is 1.67 bits per heavy atom. The molecular formula is C25H27N2O3-. The smallest absolute Gasteiger partial charge is 0.252 e. The van der Waals surface area contributed by atoms with E-state index in [-0.39, 0.29) is 21.9 Å². The van der Waals surface area contributed by atoms with Gasteiger partial charge < -0.3 is 10.4 Å². The Kier molecular flexibility index (Phi) is 5.42. The summed E-state index contributed by atoms with van der Waals surface area (Å²) < 4.78 is 0. The van der Waals surface area contributed by atoms with Gasteiger partial charge in [0.2, 0.25) is 0 Å². The normalized spacial score (nSPS) is 12.9. The summed E-state index contributed by atoms with van der Waals surface area (Å²) in [5.74, 6) is -0.676. The van der Waals surface area contributed by atoms with Crippen LogP contribution in [-0.4, -0.2) is 0 Å². The Labute approximate surface area is 176 Å². The molecule has 0 aliphatic heterocycles. The quantitative estimate of drug-likeness (QED) is 0.672. The molecule has 0 amide bonds. The van der Waals surface area contributed by atoms with E-state index in [1.54, 1.807) is 24.3 Å². The Balaban J connectivity index is 1.97. The second-order valence-corrected chi connectivity index (χ2v) is 9.57. The summed E-state index contributed by atoms with van der Waals surface area (Å²) in [6.45, 7) is 12.6. The fourth-order valence-corrected chi connectivity index (χ4v) is 3.12. The van der Waals surface area contributed by atoms with Gasteiger partial charge in [0.25, 0.3) is 10.9 Å². The van der Waals surface area contributed by atoms with E-state index in [2.05, 4.69) is 51.9 Å². The van der Waals surface area contributed by atoms with Gasteiger partial charge in [-0.3, -0.25) is 9.59 Å². The molecule has 0 aliphatic rings. The number of benzene rings is 2. The van der Waals surface area contributed by atoms with E-state index in [1.165, 1.54) is 0 Å². The molecule has 0 saturated heterocycles. The molecule has 0 heterocycles. The molecule has 0 saturated carbocycles. The molecule has 30 heavy (non-hydrogen) atoms. The first kappa shape index (κ1) is 21.5. The van der Waals surface area contributed by atoms with Crippen molar-refractivity contribution < 1.29 is 5.11 Å². The number of nitrogens with zero attached hydrogens (tertiary/aromatic N) is 1. The van der Waals surface area contributed by atoms with Gasteiger partial charge in [0, 0.05) is 5.69 Å². The molecule has 5 nitrogen and oxygen atoms in total. The summed E-state index contributed by atoms with van der Waals surface area (Å²) in [5.41, 5.74) is 1.24. The largest absolute Gasteiger partial charge is 0.869 e. The van der Waals surface area contributed by atoms with Crippen molar-refractivity contribution >= 4 is 17.1 Å². The summed E-state index contributed by atoms with van der Waals surface area (Å²) in [6, 6.07) is 14.7. The summed E-state index contributed by atoms with van der Waals surface area (Å²) in [6.07, 6.45) is 0. The topological polar surface area (TPSA) is 81.6 Å². The summed E-state index contributed by atoms with van der Waals surface area (Å²) in [5, 5.41) is 15.2. The van der Waals surface area contributed by atoms with Crippen molar-refractivity contribution in [1.82, 2.24) is 0 Å². The van der Waals surface area contributed by atoms with Crippen LogP contribution >= 0.6 is 0 Å². The van der Waals surface area contributed by atoms with E-state index < -0.39 is 16.6 Å². The van der Waals surface area contributed by atoms with Crippen LogP contribution in [0.3, 0.4) is 0 Å². The minimum absolute atomic E-state index is 0.0109. The molecular weight excluding hydrogens is 376 g/mol. The lowest BCUT2D eigenvalue weighted by molar-refractivity contribution is -0.268. The van der Waals surface area contributed by atoms with E-state index in [0.717, 1.165) is 11.1 Å². The van der Waals surface area contributed by atoms with Crippen molar-refractivity contribution in [2.45, 2.75) is 52.4 Å². The molecule has 0 bridgehead atoms. The van der Waals surface area contributed by atoms with Crippen LogP contribution in [0.5, 0.6) is 5.75 Å². The lowest BCUT2D eigenvalue weighted by atomic mass is 9.87. The van der Waals surface area contributed by atoms with Crippen LogP contribution in [0.1, 0.15) is 52.7 Å². The molecule has 3 aromatic carbocycles. The van der Waals surface area contributed by atoms with Gasteiger partial charge in [-0.1, -0.05) is 65.8 Å². The van der Waals surface area contributed by atoms with Crippen LogP contribution in [-0.2, 0) is 10.8 Å². The second-order valence-electron chi connectivity index (χ2n) is 9.57. The van der Waals surface area contributed by atoms with E-state index in [4.69, 9.17) is 0 Å². The first-order chi connectivity index (χ1) is 13.9. The molecule has 3 aromatic rings. The first-order valence-electron chi connectivity index (χ1n) is 9.95. The SMILES string of the molecule is CC(C)(C)c1ccc(N=c2c([O-])c(Nc3ccc(C(C)(C)C)cc3)c(=O)c2=O)cc1. The zero-order chi connectivity index (χ0) is 22.3. The van der Waals surface area contributed by atoms with Gasteiger partial charge in [-0.05, 0) is 52.0 Å². The zero-order valence-corrected chi connectivity index (χ0v) is 18.3. The van der Waals surface area contributed by atoms with Crippen LogP contribution in [0.25, 0.3) is 0 Å². The molecule has 0 spiro atoms. The van der Waals surface area contributed by atoms with Crippen molar-refractivity contribution in [3.8, 4) is 5.75 Å². The van der Waals surface area contributed by atoms with Gasteiger partial charge >= 0.3 is 0 Å². The second kappa shape index (κ2) is 7.56. The van der Waals surface area contributed by atoms with Gasteiger partial charge in [-0.15, -0.1) is 0 Å². The maximum Gasteiger partial charge on any atom is 0.252 e. The maximum absolute atomic E-state index is 12.7. The Morgan fingerprint density at radius 1 is 0.733 bits per heavy atom. The highest BCUT2D eigenvalue weighted by Crippen LogP contribution is 2.26. The lowest BCUT2D eigenvalue weighted by Crippen LogP contribution is -2.31. The van der Waals surface area contributed by atoms with Crippen LogP contribution in [0, 0.1) is 0 Å². The van der Waals surface area contributed by atoms with Gasteiger partial charge in [-0.2, -0.15) is 0 Å². The molecule has 0 aromatic heterocycles. The number of rotatable bonds is 3. The number of anilines is 2. The highest BCUT2D eigenvalue weighted by Gasteiger charge is 2.16. The predicted octanol–water partition coefficient (Wildman–Crippen LogP) is 3.93. The van der Waals surface area contributed by atoms with Crippen molar-refractivity contribution in [3.63, 3.8) is 0 Å². The summed E-state index contributed by atoms with van der Waals surface area (Å²) in [4.78, 5) is 28.9. The van der Waals surface area contributed by atoms with Crippen molar-refractivity contribution in [3.05, 3.63) is 85.5 Å². The van der Waals surface area contributed by atoms with Crippen molar-refractivity contribution in [1.29, 1.82) is 0 Å². The van der Waals surface area contributed by atoms with E-state index in [1.807, 2.05) is 24.3 Å². The van der Waals surface area contributed by atoms with Crippen LogP contribution < -0.4 is 26.6 Å². The zero-order valence-electron chi connectivity index (χ0n) is 18.3. The maximum atomic E-state index is 12.7. The standard InChI is InChI=1S/C25H28N2O3/c1-24(2,3)15-7-11-17(12-8-15)26-19-21(28)20(23(30)22(19)29)27-18-13-9-16(10-14-18)25(4,5)6/h7-14,26,28H,1-6H3/p-1. The van der Waals surface area contributed by atoms with Crippen molar-refractivity contribution in [2.24, 2.45) is 4.99 Å². The average molecular weight is 404 g/mol. The van der Waals surface area contributed by atoms with Crippen LogP contribution in [0.15, 0.2) is 63.1 Å². The van der Waals surface area contributed by atoms with Gasteiger partial charge in [0.1, 0.15) is 5.36 Å². The Hall–Kier alpha value is -3.21. The van der Waals surface area contributed by atoms with Gasteiger partial charge in [-0.25, -0.2) is 4.99 Å². The van der Waals surface area contributed by atoms with Gasteiger partial charge in [0.05, 0.1) is 11.4 Å². The molecule has 0 radical (unpaired) electrons. The highest BCUT2D eigenvalue weighted by atomic mass is 16.3. The average Bonchev–Trinajstić information content (AvgIpc) is 2.86. The number of hydrogen-bond acceptors (Lipinski definition) is 5. The highest BCUT2D eigenvalue weighted by molar-refractivity contribution is 5.66. The van der Waals surface area contributed by atoms with Gasteiger partial charge in [0.15, 0.2) is 0 Å². The van der Waals surface area contributed by atoms with Crippen LogP contribution in [0.2, 0.25) is 0 Å². The fourth-order valence-electron chi connectivity index (χ4n) is 3.12. The number of hydrogen-bond donors (Lipinski definition) is 1. The third kappa shape index (κ3) is 4.35. The molecule has 0 fully saturated rings. The monoisotopic (exact) mass is 403 g/mol. The molecule has 0 unspecified atom stereocenters. The summed E-state index contributed by atoms with van der Waals surface area (Å²) >= 11 is 0. The molecule has 0 aliphatic carbocycles. The Morgan fingerprint density at radius 2 is 1.20 bits per heavy atom. The van der Waals surface area contributed by atoms with E-state index in [0.29, 0.717) is 11.4 Å². The fraction of sp³-hybridized carbons (Fsp3) is 0.320. The van der Waals surface area contributed by atoms with E-state index in [9.17, 15) is 14.7 Å². The lowest BCUT2D eigenvalue weighted by Gasteiger charge is -2.19. The Bertz CT molecular complexity index is 1200. The molecule has 0 atom stereocenters. The predicted molar refractivity (Wildman–Crippen MR) is 120 cm³/mol. The summed E-state index contributed by atoms with van der Waals surface area (Å²) in [7, 11) is 0. The van der Waals surface area contributed by atoms with E-state index >= 15 is 0 Å². The minimum atomic E-state index is -0.881. The molecule has 3 rings (SSSR count). The molecule has 1 N–H and O–H groups in total. The molecule has 5 heteroatoms. The third-order valence-electron chi connectivity index (χ3n) is 5.09. The van der Waals surface area contributed by atoms with Crippen LogP contribution in [0.4, 0.5) is 17.1 Å². The van der Waals surface area contributed by atoms with Crippen molar-refractivity contribution in [2.75, 3.05) is 5.32 Å².